The summed E-state index contributed by atoms with van der Waals surface area (Å²) in [5, 5.41) is 10.1. The molecule has 0 spiro atoms. The molecular weight excluding hydrogens is 733 g/mol. The maximum absolute atomic E-state index is 2.47. The first-order chi connectivity index (χ1) is 29.3. The van der Waals surface area contributed by atoms with Crippen molar-refractivity contribution < 1.29 is 0 Å². The first-order valence-corrected chi connectivity index (χ1v) is 21.0. The van der Waals surface area contributed by atoms with Crippen LogP contribution in [0.15, 0.2) is 218 Å². The third-order valence-corrected chi connectivity index (χ3v) is 13.1. The normalized spacial score (nSPS) is 11.7. The lowest BCUT2D eigenvalue weighted by Crippen LogP contribution is -2.11. The van der Waals surface area contributed by atoms with Gasteiger partial charge in [-0.25, -0.2) is 0 Å². The smallest absolute Gasteiger partial charge is 0.0547 e. The fourth-order valence-electron chi connectivity index (χ4n) is 9.26. The van der Waals surface area contributed by atoms with Crippen molar-refractivity contribution in [2.24, 2.45) is 0 Å². The van der Waals surface area contributed by atoms with Crippen molar-refractivity contribution in [3.8, 4) is 27.9 Å². The molecule has 12 rings (SSSR count). The van der Waals surface area contributed by atoms with Crippen molar-refractivity contribution in [3.63, 3.8) is 0 Å². The van der Waals surface area contributed by atoms with E-state index in [0.29, 0.717) is 0 Å². The van der Waals surface area contributed by atoms with Crippen LogP contribution in [-0.4, -0.2) is 4.57 Å². The Morgan fingerprint density at radius 3 is 1.95 bits per heavy atom. The highest BCUT2D eigenvalue weighted by Gasteiger charge is 2.22. The Kier molecular flexibility index (Phi) is 7.75. The van der Waals surface area contributed by atoms with Crippen LogP contribution < -0.4 is 4.90 Å². The molecule has 276 valence electrons. The van der Waals surface area contributed by atoms with Crippen molar-refractivity contribution in [1.29, 1.82) is 0 Å². The van der Waals surface area contributed by atoms with E-state index in [9.17, 15) is 0 Å². The van der Waals surface area contributed by atoms with Crippen LogP contribution in [0.4, 0.5) is 17.1 Å². The van der Waals surface area contributed by atoms with Crippen LogP contribution in [0.2, 0.25) is 0 Å². The minimum Gasteiger partial charge on any atom is -0.309 e. The number of anilines is 3. The molecule has 0 fully saturated rings. The Bertz CT molecular complexity index is 3560. The Morgan fingerprint density at radius 2 is 1.05 bits per heavy atom. The van der Waals surface area contributed by atoms with Gasteiger partial charge in [-0.05, 0) is 106 Å². The van der Waals surface area contributed by atoms with Crippen LogP contribution >= 0.6 is 11.3 Å². The summed E-state index contributed by atoms with van der Waals surface area (Å²) in [6, 6.07) is 80.0. The molecule has 59 heavy (non-hydrogen) atoms. The number of hydrogen-bond donors (Lipinski definition) is 0. The molecule has 2 aromatic heterocycles. The van der Waals surface area contributed by atoms with E-state index in [-0.39, 0.29) is 0 Å². The third-order valence-electron chi connectivity index (χ3n) is 11.9. The van der Waals surface area contributed by atoms with Gasteiger partial charge in [0.15, 0.2) is 0 Å². The fourth-order valence-corrected chi connectivity index (χ4v) is 10.4. The van der Waals surface area contributed by atoms with Crippen LogP contribution in [0.25, 0.3) is 91.5 Å². The molecule has 0 saturated carbocycles. The van der Waals surface area contributed by atoms with Crippen LogP contribution in [0.3, 0.4) is 0 Å². The Labute approximate surface area is 346 Å². The van der Waals surface area contributed by atoms with E-state index in [1.165, 1.54) is 85.8 Å². The van der Waals surface area contributed by atoms with Gasteiger partial charge in [0, 0.05) is 53.3 Å². The highest BCUT2D eigenvalue weighted by Crippen LogP contribution is 2.46. The zero-order valence-electron chi connectivity index (χ0n) is 32.1. The van der Waals surface area contributed by atoms with Gasteiger partial charge in [-0.1, -0.05) is 146 Å². The van der Waals surface area contributed by atoms with Gasteiger partial charge < -0.3 is 9.47 Å². The second-order valence-corrected chi connectivity index (χ2v) is 16.4. The number of fused-ring (bicyclic) bond motifs is 9. The van der Waals surface area contributed by atoms with E-state index in [1.807, 2.05) is 11.3 Å². The van der Waals surface area contributed by atoms with E-state index in [0.717, 1.165) is 22.7 Å². The van der Waals surface area contributed by atoms with Gasteiger partial charge in [-0.3, -0.25) is 0 Å². The third kappa shape index (κ3) is 5.47. The lowest BCUT2D eigenvalue weighted by Gasteiger charge is -2.29. The zero-order valence-corrected chi connectivity index (χ0v) is 32.9. The molecule has 2 heterocycles. The second kappa shape index (κ2) is 13.6. The maximum atomic E-state index is 2.47. The number of thiophene rings is 1. The van der Waals surface area contributed by atoms with Crippen LogP contribution in [0.1, 0.15) is 0 Å². The van der Waals surface area contributed by atoms with E-state index in [1.54, 1.807) is 0 Å². The first kappa shape index (κ1) is 33.7. The summed E-state index contributed by atoms with van der Waals surface area (Å²) in [6.45, 7) is 0. The molecule has 3 heteroatoms. The van der Waals surface area contributed by atoms with Gasteiger partial charge >= 0.3 is 0 Å². The lowest BCUT2D eigenvalue weighted by molar-refractivity contribution is 1.18. The summed E-state index contributed by atoms with van der Waals surface area (Å²) in [7, 11) is 0. The average molecular weight is 769 g/mol. The van der Waals surface area contributed by atoms with Crippen molar-refractivity contribution in [3.05, 3.63) is 218 Å². The Hall–Kier alpha value is -7.46. The van der Waals surface area contributed by atoms with Crippen molar-refractivity contribution in [2.75, 3.05) is 4.90 Å². The van der Waals surface area contributed by atoms with Crippen LogP contribution in [0.5, 0.6) is 0 Å². The zero-order chi connectivity index (χ0) is 38.9. The van der Waals surface area contributed by atoms with E-state index >= 15 is 0 Å². The Morgan fingerprint density at radius 1 is 0.356 bits per heavy atom. The fraction of sp³-hybridized carbons (Fsp3) is 0. The van der Waals surface area contributed by atoms with Gasteiger partial charge in [0.05, 0.1) is 22.4 Å². The molecule has 0 unspecified atom stereocenters. The first-order valence-electron chi connectivity index (χ1n) is 20.2. The molecule has 0 bridgehead atoms. The van der Waals surface area contributed by atoms with Crippen molar-refractivity contribution in [1.82, 2.24) is 4.57 Å². The molecule has 0 aliphatic rings. The van der Waals surface area contributed by atoms with E-state index in [4.69, 9.17) is 0 Å². The predicted molar refractivity (Wildman–Crippen MR) is 254 cm³/mol. The molecule has 10 aromatic carbocycles. The molecule has 0 atom stereocenters. The summed E-state index contributed by atoms with van der Waals surface area (Å²) in [6.07, 6.45) is 0. The highest BCUT2D eigenvalue weighted by atomic mass is 32.1. The molecule has 0 aliphatic heterocycles. The maximum Gasteiger partial charge on any atom is 0.0547 e. The number of hydrogen-bond acceptors (Lipinski definition) is 2. The molecule has 0 amide bonds. The number of nitrogens with zero attached hydrogens (tertiary/aromatic N) is 2. The quantitative estimate of drug-likeness (QED) is 0.164. The van der Waals surface area contributed by atoms with Crippen molar-refractivity contribution >= 4 is 91.9 Å². The molecule has 0 saturated heterocycles. The Balaban J connectivity index is 1.14. The summed E-state index contributed by atoms with van der Waals surface area (Å²) in [5.74, 6) is 0. The molecule has 12 aromatic rings. The number of aromatic nitrogens is 1. The topological polar surface area (TPSA) is 8.17 Å². The largest absolute Gasteiger partial charge is 0.309 e. The van der Waals surface area contributed by atoms with Gasteiger partial charge in [-0.2, -0.15) is 0 Å². The number of para-hydroxylation sites is 2. The number of rotatable bonds is 6. The van der Waals surface area contributed by atoms with Crippen molar-refractivity contribution in [2.45, 2.75) is 0 Å². The molecule has 0 aliphatic carbocycles. The highest BCUT2D eigenvalue weighted by molar-refractivity contribution is 7.25. The standard InChI is InChI=1S/C56H36N2S/c1-3-15-37(16-4-1)39-19-13-22-43(33-39)58-52-31-29-40(34-49(52)56-47-36-48-46-25-10-12-28-54(46)59-55(48)35-41(47)30-32-53(56)58)45-24-9-11-26-50(45)57(42-20-5-2-6-21-42)51-27-14-18-38-17-7-8-23-44(38)51/h1-36H. The van der Waals surface area contributed by atoms with Gasteiger partial charge in [0.1, 0.15) is 0 Å². The summed E-state index contributed by atoms with van der Waals surface area (Å²) >= 11 is 1.88. The summed E-state index contributed by atoms with van der Waals surface area (Å²) in [5.41, 5.74) is 11.7. The summed E-state index contributed by atoms with van der Waals surface area (Å²) < 4.78 is 5.11. The van der Waals surface area contributed by atoms with Gasteiger partial charge in [-0.15, -0.1) is 11.3 Å². The minimum atomic E-state index is 1.12. The molecule has 2 nitrogen and oxygen atoms in total. The predicted octanol–water partition coefficient (Wildman–Crippen LogP) is 16.3. The number of benzene rings is 10. The minimum absolute atomic E-state index is 1.12. The van der Waals surface area contributed by atoms with Gasteiger partial charge in [0.2, 0.25) is 0 Å². The summed E-state index contributed by atoms with van der Waals surface area (Å²) in [4.78, 5) is 2.42. The second-order valence-electron chi connectivity index (χ2n) is 15.3. The lowest BCUT2D eigenvalue weighted by atomic mass is 9.97. The van der Waals surface area contributed by atoms with Crippen LogP contribution in [0, 0.1) is 0 Å². The van der Waals surface area contributed by atoms with Gasteiger partial charge in [0.25, 0.3) is 0 Å². The molecular formula is C56H36N2S. The molecule has 0 radical (unpaired) electrons. The molecule has 0 N–H and O–H groups in total. The monoisotopic (exact) mass is 768 g/mol. The van der Waals surface area contributed by atoms with E-state index < -0.39 is 0 Å². The van der Waals surface area contributed by atoms with Crippen LogP contribution in [-0.2, 0) is 0 Å². The average Bonchev–Trinajstić information content (AvgIpc) is 3.84. The van der Waals surface area contributed by atoms with E-state index in [2.05, 4.69) is 228 Å². The SMILES string of the molecule is c1ccc(-c2cccc(-n3c4ccc(-c5ccccc5N(c5ccccc5)c5cccc6ccccc56)cc4c4c5cc6c(cc5ccc43)sc3ccccc36)c2)cc1.